The number of rotatable bonds is 6. The average Bonchev–Trinajstić information content (AvgIpc) is 2.40. The van der Waals surface area contributed by atoms with E-state index in [0.717, 1.165) is 31.4 Å². The van der Waals surface area contributed by atoms with E-state index in [2.05, 4.69) is 5.32 Å². The molecule has 0 amide bonds. The second-order valence-corrected chi connectivity index (χ2v) is 5.56. The van der Waals surface area contributed by atoms with Gasteiger partial charge in [-0.25, -0.2) is 4.39 Å². The number of hydrogen-bond acceptors (Lipinski definition) is 2. The summed E-state index contributed by atoms with van der Waals surface area (Å²) in [6.45, 7) is 1.64. The zero-order valence-electron chi connectivity index (χ0n) is 11.4. The quantitative estimate of drug-likeness (QED) is 0.774. The summed E-state index contributed by atoms with van der Waals surface area (Å²) in [7, 11) is 0. The minimum Gasteiger partial charge on any atom is -0.393 e. The molecule has 3 heteroatoms. The molecule has 1 saturated carbocycles. The normalized spacial score (nSPS) is 23.5. The highest BCUT2D eigenvalue weighted by molar-refractivity contribution is 5.15. The Morgan fingerprint density at radius 3 is 2.89 bits per heavy atom. The number of aliphatic hydroxyl groups excluding tert-OH is 1. The smallest absolute Gasteiger partial charge is 0.123 e. The van der Waals surface area contributed by atoms with Gasteiger partial charge in [0.1, 0.15) is 5.82 Å². The van der Waals surface area contributed by atoms with Crippen molar-refractivity contribution in [3.63, 3.8) is 0 Å². The van der Waals surface area contributed by atoms with Gasteiger partial charge in [-0.1, -0.05) is 25.0 Å². The van der Waals surface area contributed by atoms with Crippen molar-refractivity contribution >= 4 is 0 Å². The number of aliphatic hydroxyl groups is 1. The van der Waals surface area contributed by atoms with Gasteiger partial charge in [-0.15, -0.1) is 0 Å². The molecule has 0 aromatic heterocycles. The first kappa shape index (κ1) is 14.5. The SMILES string of the molecule is OC1CCCCC1CCCNCc1cccc(F)c1. The van der Waals surface area contributed by atoms with E-state index in [1.165, 1.54) is 25.3 Å². The zero-order valence-corrected chi connectivity index (χ0v) is 11.4. The van der Waals surface area contributed by atoms with Crippen LogP contribution in [0.1, 0.15) is 44.1 Å². The topological polar surface area (TPSA) is 32.3 Å². The van der Waals surface area contributed by atoms with Crippen molar-refractivity contribution in [2.75, 3.05) is 6.54 Å². The highest BCUT2D eigenvalue weighted by atomic mass is 19.1. The Morgan fingerprint density at radius 2 is 2.11 bits per heavy atom. The van der Waals surface area contributed by atoms with Gasteiger partial charge in [-0.05, 0) is 55.8 Å². The maximum Gasteiger partial charge on any atom is 0.123 e. The molecule has 2 atom stereocenters. The lowest BCUT2D eigenvalue weighted by atomic mass is 9.83. The van der Waals surface area contributed by atoms with Gasteiger partial charge in [0.2, 0.25) is 0 Å². The molecule has 1 aromatic rings. The highest BCUT2D eigenvalue weighted by Gasteiger charge is 2.21. The molecule has 0 heterocycles. The van der Waals surface area contributed by atoms with Gasteiger partial charge in [0.25, 0.3) is 0 Å². The molecular weight excluding hydrogens is 241 g/mol. The third kappa shape index (κ3) is 4.92. The summed E-state index contributed by atoms with van der Waals surface area (Å²) in [5, 5.41) is 13.2. The molecular formula is C16H24FNO. The molecule has 2 N–H and O–H groups in total. The summed E-state index contributed by atoms with van der Waals surface area (Å²) < 4.78 is 13.0. The number of benzene rings is 1. The van der Waals surface area contributed by atoms with Gasteiger partial charge in [0.15, 0.2) is 0 Å². The van der Waals surface area contributed by atoms with Gasteiger partial charge >= 0.3 is 0 Å². The van der Waals surface area contributed by atoms with Gasteiger partial charge in [-0.2, -0.15) is 0 Å². The Labute approximate surface area is 115 Å². The van der Waals surface area contributed by atoms with Crippen molar-refractivity contribution in [3.05, 3.63) is 35.6 Å². The van der Waals surface area contributed by atoms with Crippen LogP contribution in [0.5, 0.6) is 0 Å². The predicted octanol–water partition coefficient (Wildman–Crippen LogP) is 3.25. The van der Waals surface area contributed by atoms with Crippen molar-refractivity contribution in [2.45, 2.75) is 51.2 Å². The highest BCUT2D eigenvalue weighted by Crippen LogP contribution is 2.27. The Kier molecular flexibility index (Phi) is 5.80. The first-order valence-electron chi connectivity index (χ1n) is 7.39. The van der Waals surface area contributed by atoms with Gasteiger partial charge < -0.3 is 10.4 Å². The minimum absolute atomic E-state index is 0.0861. The molecule has 1 aliphatic carbocycles. The molecule has 0 bridgehead atoms. The molecule has 0 radical (unpaired) electrons. The van der Waals surface area contributed by atoms with E-state index >= 15 is 0 Å². The molecule has 0 saturated heterocycles. The van der Waals surface area contributed by atoms with Crippen LogP contribution in [0.25, 0.3) is 0 Å². The fourth-order valence-corrected chi connectivity index (χ4v) is 2.89. The first-order valence-corrected chi connectivity index (χ1v) is 7.39. The maximum absolute atomic E-state index is 13.0. The van der Waals surface area contributed by atoms with Crippen molar-refractivity contribution in [2.24, 2.45) is 5.92 Å². The van der Waals surface area contributed by atoms with Gasteiger partial charge in [-0.3, -0.25) is 0 Å². The van der Waals surface area contributed by atoms with Crippen LogP contribution in [0.3, 0.4) is 0 Å². The molecule has 2 nitrogen and oxygen atoms in total. The Bertz CT molecular complexity index is 383. The monoisotopic (exact) mass is 265 g/mol. The van der Waals surface area contributed by atoms with Crippen LogP contribution in [0.15, 0.2) is 24.3 Å². The number of nitrogens with one attached hydrogen (secondary N) is 1. The molecule has 0 spiro atoms. The first-order chi connectivity index (χ1) is 9.25. The molecule has 0 aliphatic heterocycles. The summed E-state index contributed by atoms with van der Waals surface area (Å²) in [5.41, 5.74) is 0.984. The Hall–Kier alpha value is -0.930. The predicted molar refractivity (Wildman–Crippen MR) is 75.3 cm³/mol. The van der Waals surface area contributed by atoms with E-state index < -0.39 is 0 Å². The maximum atomic E-state index is 13.0. The van der Waals surface area contributed by atoms with Crippen LogP contribution >= 0.6 is 0 Å². The van der Waals surface area contributed by atoms with E-state index in [-0.39, 0.29) is 11.9 Å². The van der Waals surface area contributed by atoms with E-state index in [9.17, 15) is 9.50 Å². The summed E-state index contributed by atoms with van der Waals surface area (Å²) in [6, 6.07) is 6.71. The van der Waals surface area contributed by atoms with Crippen LogP contribution in [-0.2, 0) is 6.54 Å². The molecule has 1 aromatic carbocycles. The van der Waals surface area contributed by atoms with E-state index in [1.54, 1.807) is 12.1 Å². The van der Waals surface area contributed by atoms with E-state index in [1.807, 2.05) is 6.07 Å². The third-order valence-electron chi connectivity index (χ3n) is 4.02. The van der Waals surface area contributed by atoms with E-state index in [4.69, 9.17) is 0 Å². The summed E-state index contributed by atoms with van der Waals surface area (Å²) in [5.74, 6) is 0.314. The van der Waals surface area contributed by atoms with Crippen LogP contribution in [-0.4, -0.2) is 17.8 Å². The summed E-state index contributed by atoms with van der Waals surface area (Å²) in [6.07, 6.45) is 6.67. The standard InChI is InChI=1S/C16H24FNO/c17-15-8-3-5-13(11-15)12-18-10-4-7-14-6-1-2-9-16(14)19/h3,5,8,11,14,16,18-19H,1-2,4,6-7,9-10,12H2. The van der Waals surface area contributed by atoms with Crippen molar-refractivity contribution in [1.82, 2.24) is 5.32 Å². The largest absolute Gasteiger partial charge is 0.393 e. The molecule has 2 rings (SSSR count). The van der Waals surface area contributed by atoms with Crippen molar-refractivity contribution in [3.8, 4) is 0 Å². The van der Waals surface area contributed by atoms with Crippen LogP contribution < -0.4 is 5.32 Å². The van der Waals surface area contributed by atoms with Crippen molar-refractivity contribution in [1.29, 1.82) is 0 Å². The second-order valence-electron chi connectivity index (χ2n) is 5.56. The molecule has 19 heavy (non-hydrogen) atoms. The molecule has 1 fully saturated rings. The van der Waals surface area contributed by atoms with Gasteiger partial charge in [0.05, 0.1) is 6.10 Å². The number of hydrogen-bond donors (Lipinski definition) is 2. The lowest BCUT2D eigenvalue weighted by molar-refractivity contribution is 0.0643. The van der Waals surface area contributed by atoms with Crippen LogP contribution in [0, 0.1) is 11.7 Å². The lowest BCUT2D eigenvalue weighted by Crippen LogP contribution is -2.25. The van der Waals surface area contributed by atoms with Crippen molar-refractivity contribution < 1.29 is 9.50 Å². The second kappa shape index (κ2) is 7.61. The average molecular weight is 265 g/mol. The lowest BCUT2D eigenvalue weighted by Gasteiger charge is -2.27. The molecule has 106 valence electrons. The summed E-state index contributed by atoms with van der Waals surface area (Å²) >= 11 is 0. The number of halogens is 1. The fraction of sp³-hybridized carbons (Fsp3) is 0.625. The Morgan fingerprint density at radius 1 is 1.26 bits per heavy atom. The fourth-order valence-electron chi connectivity index (χ4n) is 2.89. The van der Waals surface area contributed by atoms with Crippen LogP contribution in [0.4, 0.5) is 4.39 Å². The molecule has 1 aliphatic rings. The minimum atomic E-state index is -0.176. The van der Waals surface area contributed by atoms with E-state index in [0.29, 0.717) is 12.5 Å². The Balaban J connectivity index is 1.59. The zero-order chi connectivity index (χ0) is 13.5. The summed E-state index contributed by atoms with van der Waals surface area (Å²) in [4.78, 5) is 0. The molecule has 2 unspecified atom stereocenters. The third-order valence-corrected chi connectivity index (χ3v) is 4.02. The van der Waals surface area contributed by atoms with Gasteiger partial charge in [0, 0.05) is 6.54 Å². The van der Waals surface area contributed by atoms with Crippen LogP contribution in [0.2, 0.25) is 0 Å².